The minimum atomic E-state index is -0.133. The average molecular weight is 412 g/mol. The van der Waals surface area contributed by atoms with Crippen molar-refractivity contribution >= 4 is 28.4 Å². The van der Waals surface area contributed by atoms with Crippen molar-refractivity contribution in [1.82, 2.24) is 25.3 Å². The number of carbonyl (C=O) groups is 1. The topological polar surface area (TPSA) is 64.3 Å². The third-order valence-electron chi connectivity index (χ3n) is 5.38. The van der Waals surface area contributed by atoms with E-state index in [9.17, 15) is 4.79 Å². The molecule has 7 heteroatoms. The van der Waals surface area contributed by atoms with Crippen molar-refractivity contribution in [2.24, 2.45) is 0 Å². The van der Waals surface area contributed by atoms with Crippen molar-refractivity contribution in [3.63, 3.8) is 0 Å². The first-order valence-corrected chi connectivity index (χ1v) is 10.4. The van der Waals surface area contributed by atoms with E-state index in [0.29, 0.717) is 11.6 Å². The van der Waals surface area contributed by atoms with Gasteiger partial charge in [-0.25, -0.2) is 0 Å². The van der Waals surface area contributed by atoms with Gasteiger partial charge in [0.2, 0.25) is 0 Å². The summed E-state index contributed by atoms with van der Waals surface area (Å²) in [5, 5.41) is 11.2. The zero-order chi connectivity index (χ0) is 20.2. The van der Waals surface area contributed by atoms with E-state index in [-0.39, 0.29) is 11.9 Å². The molecule has 152 valence electrons. The molecule has 4 rings (SSSR count). The van der Waals surface area contributed by atoms with Gasteiger partial charge in [-0.1, -0.05) is 42.5 Å². The fraction of sp³-hybridized carbons (Fsp3) is 0.364. The van der Waals surface area contributed by atoms with E-state index in [0.717, 1.165) is 49.2 Å². The fourth-order valence-corrected chi connectivity index (χ4v) is 4.10. The van der Waals surface area contributed by atoms with Crippen LogP contribution in [0.2, 0.25) is 0 Å². The van der Waals surface area contributed by atoms with Gasteiger partial charge in [0.05, 0.1) is 11.6 Å². The van der Waals surface area contributed by atoms with Crippen LogP contribution >= 0.6 is 11.6 Å². The molecule has 0 spiro atoms. The van der Waals surface area contributed by atoms with Crippen LogP contribution in [0.1, 0.15) is 21.6 Å². The highest BCUT2D eigenvalue weighted by molar-refractivity contribution is 6.17. The van der Waals surface area contributed by atoms with E-state index in [1.165, 1.54) is 5.56 Å². The molecule has 2 aromatic carbocycles. The van der Waals surface area contributed by atoms with Crippen molar-refractivity contribution in [3.8, 4) is 0 Å². The van der Waals surface area contributed by atoms with Crippen LogP contribution in [0.3, 0.4) is 0 Å². The molecule has 1 unspecified atom stereocenters. The van der Waals surface area contributed by atoms with E-state index in [4.69, 9.17) is 11.6 Å². The van der Waals surface area contributed by atoms with Gasteiger partial charge in [0, 0.05) is 44.0 Å². The van der Waals surface area contributed by atoms with Crippen LogP contribution in [0.25, 0.3) is 10.9 Å². The van der Waals surface area contributed by atoms with Gasteiger partial charge in [-0.05, 0) is 24.2 Å². The number of rotatable bonds is 5. The van der Waals surface area contributed by atoms with Crippen molar-refractivity contribution in [3.05, 3.63) is 65.4 Å². The lowest BCUT2D eigenvalue weighted by Gasteiger charge is -2.24. The summed E-state index contributed by atoms with van der Waals surface area (Å²) in [6, 6.07) is 16.1. The van der Waals surface area contributed by atoms with Crippen molar-refractivity contribution in [1.29, 1.82) is 0 Å². The second-order valence-corrected chi connectivity index (χ2v) is 8.01. The molecule has 29 heavy (non-hydrogen) atoms. The number of para-hydroxylation sites is 1. The van der Waals surface area contributed by atoms with Gasteiger partial charge in [0.25, 0.3) is 5.91 Å². The standard InChI is InChI=1S/C22H26ClN5O/c1-27-9-10-28(13-17-6-4-5-16(11-17)12-23)15-18(14-27)24-22(29)21-19-7-2-3-8-20(19)25-26-21/h2-8,11,18H,9-10,12-15H2,1H3,(H,24,29)(H,25,26). The summed E-state index contributed by atoms with van der Waals surface area (Å²) in [4.78, 5) is 17.6. The molecular formula is C22H26ClN5O. The number of H-pyrrole nitrogens is 1. The van der Waals surface area contributed by atoms with Gasteiger partial charge in [-0.15, -0.1) is 11.6 Å². The molecule has 2 N–H and O–H groups in total. The van der Waals surface area contributed by atoms with Crippen LogP contribution in [-0.4, -0.2) is 65.2 Å². The number of hydrogen-bond donors (Lipinski definition) is 2. The first kappa shape index (κ1) is 19.9. The molecule has 1 fully saturated rings. The molecule has 1 aliphatic rings. The maximum Gasteiger partial charge on any atom is 0.272 e. The van der Waals surface area contributed by atoms with E-state index in [2.05, 4.69) is 50.6 Å². The van der Waals surface area contributed by atoms with E-state index in [1.54, 1.807) is 0 Å². The maximum atomic E-state index is 12.9. The summed E-state index contributed by atoms with van der Waals surface area (Å²) in [5.41, 5.74) is 3.70. The minimum Gasteiger partial charge on any atom is -0.345 e. The largest absolute Gasteiger partial charge is 0.345 e. The molecule has 1 aliphatic heterocycles. The monoisotopic (exact) mass is 411 g/mol. The normalized spacial score (nSPS) is 18.6. The quantitative estimate of drug-likeness (QED) is 0.634. The lowest BCUT2D eigenvalue weighted by Crippen LogP contribution is -2.46. The number of likely N-dealkylation sites (N-methyl/N-ethyl adjacent to an activating group) is 1. The van der Waals surface area contributed by atoms with Crippen LogP contribution in [0.4, 0.5) is 0 Å². The summed E-state index contributed by atoms with van der Waals surface area (Å²) in [6.07, 6.45) is 0. The van der Waals surface area contributed by atoms with Crippen LogP contribution in [0.15, 0.2) is 48.5 Å². The Labute approximate surface area is 175 Å². The molecular weight excluding hydrogens is 386 g/mol. The second-order valence-electron chi connectivity index (χ2n) is 7.74. The number of aromatic nitrogens is 2. The number of carbonyl (C=O) groups excluding carboxylic acids is 1. The van der Waals surface area contributed by atoms with Gasteiger partial charge in [0.15, 0.2) is 5.69 Å². The highest BCUT2D eigenvalue weighted by Crippen LogP contribution is 2.16. The Morgan fingerprint density at radius 2 is 2.00 bits per heavy atom. The third-order valence-corrected chi connectivity index (χ3v) is 5.69. The first-order chi connectivity index (χ1) is 14.1. The third kappa shape index (κ3) is 4.78. The molecule has 3 aromatic rings. The van der Waals surface area contributed by atoms with Gasteiger partial charge in [0.1, 0.15) is 0 Å². The smallest absolute Gasteiger partial charge is 0.272 e. The molecule has 1 saturated heterocycles. The molecule has 2 heterocycles. The van der Waals surface area contributed by atoms with E-state index in [1.807, 2.05) is 30.3 Å². The Bertz CT molecular complexity index is 988. The number of nitrogens with one attached hydrogen (secondary N) is 2. The molecule has 0 radical (unpaired) electrons. The Morgan fingerprint density at radius 3 is 2.86 bits per heavy atom. The van der Waals surface area contributed by atoms with Crippen molar-refractivity contribution in [2.75, 3.05) is 33.2 Å². The number of fused-ring (bicyclic) bond motifs is 1. The number of amides is 1. The van der Waals surface area contributed by atoms with Crippen molar-refractivity contribution < 1.29 is 4.79 Å². The molecule has 1 atom stereocenters. The van der Waals surface area contributed by atoms with Crippen LogP contribution in [0.5, 0.6) is 0 Å². The van der Waals surface area contributed by atoms with E-state index < -0.39 is 0 Å². The van der Waals surface area contributed by atoms with E-state index >= 15 is 0 Å². The summed E-state index contributed by atoms with van der Waals surface area (Å²) in [6.45, 7) is 4.37. The van der Waals surface area contributed by atoms with Crippen LogP contribution in [-0.2, 0) is 12.4 Å². The van der Waals surface area contributed by atoms with Crippen LogP contribution in [0, 0.1) is 0 Å². The number of benzene rings is 2. The first-order valence-electron chi connectivity index (χ1n) is 9.91. The highest BCUT2D eigenvalue weighted by Gasteiger charge is 2.24. The molecule has 1 amide bonds. The number of hydrogen-bond acceptors (Lipinski definition) is 4. The maximum absolute atomic E-state index is 12.9. The van der Waals surface area contributed by atoms with Crippen molar-refractivity contribution in [2.45, 2.75) is 18.5 Å². The van der Waals surface area contributed by atoms with Gasteiger partial charge >= 0.3 is 0 Å². The highest BCUT2D eigenvalue weighted by atomic mass is 35.5. The number of alkyl halides is 1. The Kier molecular flexibility index (Phi) is 6.13. The Hall–Kier alpha value is -2.41. The zero-order valence-corrected chi connectivity index (χ0v) is 17.3. The summed E-state index contributed by atoms with van der Waals surface area (Å²) < 4.78 is 0. The van der Waals surface area contributed by atoms with Gasteiger partial charge in [-0.3, -0.25) is 14.8 Å². The molecule has 1 aromatic heterocycles. The Balaban J connectivity index is 1.46. The summed E-state index contributed by atoms with van der Waals surface area (Å²) in [5.74, 6) is 0.388. The van der Waals surface area contributed by atoms with Crippen LogP contribution < -0.4 is 5.32 Å². The SMILES string of the molecule is CN1CCN(Cc2cccc(CCl)c2)CC(NC(=O)c2n[nH]c3ccccc23)C1. The Morgan fingerprint density at radius 1 is 1.17 bits per heavy atom. The predicted molar refractivity (Wildman–Crippen MR) is 116 cm³/mol. The number of nitrogens with zero attached hydrogens (tertiary/aromatic N) is 3. The molecule has 0 aliphatic carbocycles. The predicted octanol–water partition coefficient (Wildman–Crippen LogP) is 2.85. The minimum absolute atomic E-state index is 0.0293. The zero-order valence-electron chi connectivity index (χ0n) is 16.6. The number of halogens is 1. The summed E-state index contributed by atoms with van der Waals surface area (Å²) >= 11 is 5.98. The molecule has 0 bridgehead atoms. The molecule has 6 nitrogen and oxygen atoms in total. The number of aromatic amines is 1. The van der Waals surface area contributed by atoms with Gasteiger partial charge in [-0.2, -0.15) is 5.10 Å². The lowest BCUT2D eigenvalue weighted by atomic mass is 10.1. The second kappa shape index (κ2) is 8.95. The lowest BCUT2D eigenvalue weighted by molar-refractivity contribution is 0.0920. The fourth-order valence-electron chi connectivity index (χ4n) is 3.93. The van der Waals surface area contributed by atoms with Gasteiger partial charge < -0.3 is 10.2 Å². The molecule has 0 saturated carbocycles. The average Bonchev–Trinajstić information content (AvgIpc) is 3.08. The summed E-state index contributed by atoms with van der Waals surface area (Å²) in [7, 11) is 2.10.